The Bertz CT molecular complexity index is 151. The Kier molecular flexibility index (Phi) is 1.74. The largest absolute Gasteiger partial charge is 0.313 e. The van der Waals surface area contributed by atoms with Crippen LogP contribution in [0.4, 0.5) is 0 Å². The predicted octanol–water partition coefficient (Wildman–Crippen LogP) is 0.283. The van der Waals surface area contributed by atoms with Crippen LogP contribution in [0.5, 0.6) is 0 Å². The van der Waals surface area contributed by atoms with Crippen molar-refractivity contribution in [2.75, 3.05) is 19.6 Å². The molecule has 1 atom stereocenters. The summed E-state index contributed by atoms with van der Waals surface area (Å²) in [5.41, 5.74) is 1.53. The Morgan fingerprint density at radius 3 is 3.50 bits per heavy atom. The van der Waals surface area contributed by atoms with Crippen molar-refractivity contribution in [1.82, 2.24) is 10.6 Å². The molecule has 0 aromatic carbocycles. The van der Waals surface area contributed by atoms with Gasteiger partial charge in [-0.05, 0) is 25.0 Å². The molecule has 1 N–H and O–H groups in total. The van der Waals surface area contributed by atoms with Gasteiger partial charge < -0.3 is 5.32 Å². The Morgan fingerprint density at radius 1 is 1.60 bits per heavy atom. The molecule has 0 spiro atoms. The van der Waals surface area contributed by atoms with Crippen LogP contribution in [0.3, 0.4) is 0 Å². The molecule has 1 saturated heterocycles. The molecule has 1 fully saturated rings. The molecule has 2 nitrogen and oxygen atoms in total. The van der Waals surface area contributed by atoms with E-state index in [0.29, 0.717) is 6.04 Å². The van der Waals surface area contributed by atoms with E-state index in [1.165, 1.54) is 12.0 Å². The first-order chi connectivity index (χ1) is 4.97. The van der Waals surface area contributed by atoms with Gasteiger partial charge in [-0.25, -0.2) is 5.32 Å². The Labute approximate surface area is 61.7 Å². The van der Waals surface area contributed by atoms with Gasteiger partial charge in [0.25, 0.3) is 0 Å². The van der Waals surface area contributed by atoms with E-state index in [9.17, 15) is 0 Å². The Hall–Kier alpha value is -0.340. The highest BCUT2D eigenvalue weighted by Crippen LogP contribution is 2.15. The fraction of sp³-hybridized carbons (Fsp3) is 0.750. The van der Waals surface area contributed by atoms with Crippen molar-refractivity contribution in [3.63, 3.8) is 0 Å². The molecule has 0 saturated carbocycles. The van der Waals surface area contributed by atoms with Crippen molar-refractivity contribution in [1.29, 1.82) is 0 Å². The molecule has 2 rings (SSSR count). The molecule has 2 heterocycles. The average Bonchev–Trinajstić information content (AvgIpc) is 2.05. The lowest BCUT2D eigenvalue weighted by Gasteiger charge is -2.28. The molecule has 0 aromatic rings. The minimum Gasteiger partial charge on any atom is -0.313 e. The Morgan fingerprint density at radius 2 is 2.60 bits per heavy atom. The summed E-state index contributed by atoms with van der Waals surface area (Å²) in [5, 5.41) is 7.90. The molecular formula is C8H13N2. The van der Waals surface area contributed by atoms with Crippen LogP contribution in [0.1, 0.15) is 12.8 Å². The summed E-state index contributed by atoms with van der Waals surface area (Å²) in [7, 11) is 0. The van der Waals surface area contributed by atoms with Gasteiger partial charge in [0, 0.05) is 19.1 Å². The van der Waals surface area contributed by atoms with Crippen LogP contribution >= 0.6 is 0 Å². The number of nitrogens with one attached hydrogen (secondary N) is 1. The number of piperidine rings is 1. The van der Waals surface area contributed by atoms with Gasteiger partial charge in [-0.1, -0.05) is 6.08 Å². The average molecular weight is 137 g/mol. The third-order valence-electron chi connectivity index (χ3n) is 2.24. The molecule has 2 heteroatoms. The molecule has 0 aliphatic carbocycles. The van der Waals surface area contributed by atoms with Gasteiger partial charge in [0.05, 0.1) is 0 Å². The van der Waals surface area contributed by atoms with Crippen LogP contribution in [0.25, 0.3) is 0 Å². The zero-order chi connectivity index (χ0) is 6.81. The maximum absolute atomic E-state index is 4.54. The SMILES string of the molecule is C1=C2CNCCC2[N]CC1. The zero-order valence-corrected chi connectivity index (χ0v) is 6.14. The first-order valence-electron chi connectivity index (χ1n) is 4.03. The molecular weight excluding hydrogens is 124 g/mol. The molecule has 10 heavy (non-hydrogen) atoms. The van der Waals surface area contributed by atoms with Crippen molar-refractivity contribution < 1.29 is 0 Å². The molecule has 1 unspecified atom stereocenters. The summed E-state index contributed by atoms with van der Waals surface area (Å²) in [5.74, 6) is 0. The van der Waals surface area contributed by atoms with Crippen molar-refractivity contribution in [3.8, 4) is 0 Å². The number of rotatable bonds is 0. The van der Waals surface area contributed by atoms with E-state index in [4.69, 9.17) is 0 Å². The molecule has 55 valence electrons. The quantitative estimate of drug-likeness (QED) is 0.477. The summed E-state index contributed by atoms with van der Waals surface area (Å²) in [6.45, 7) is 3.27. The Balaban J connectivity index is 2.08. The third-order valence-corrected chi connectivity index (χ3v) is 2.24. The standard InChI is InChI=1S/C8H13N2/c1-2-7-6-9-5-3-8(7)10-4-1/h2,8-9H,1,3-6H2. The molecule has 0 amide bonds. The van der Waals surface area contributed by atoms with E-state index in [0.717, 1.165) is 26.1 Å². The van der Waals surface area contributed by atoms with Gasteiger partial charge in [0.2, 0.25) is 0 Å². The van der Waals surface area contributed by atoms with Gasteiger partial charge in [-0.15, -0.1) is 0 Å². The first-order valence-corrected chi connectivity index (χ1v) is 4.03. The zero-order valence-electron chi connectivity index (χ0n) is 6.14. The lowest BCUT2D eigenvalue weighted by atomic mass is 9.96. The summed E-state index contributed by atoms with van der Waals surface area (Å²) in [6, 6.07) is 0.579. The van der Waals surface area contributed by atoms with Crippen molar-refractivity contribution >= 4 is 0 Å². The van der Waals surface area contributed by atoms with E-state index in [2.05, 4.69) is 16.7 Å². The number of fused-ring (bicyclic) bond motifs is 1. The molecule has 1 radical (unpaired) electrons. The van der Waals surface area contributed by atoms with Crippen LogP contribution in [0.15, 0.2) is 11.6 Å². The number of hydrogen-bond acceptors (Lipinski definition) is 1. The van der Waals surface area contributed by atoms with Crippen LogP contribution < -0.4 is 10.6 Å². The maximum atomic E-state index is 4.54. The summed E-state index contributed by atoms with van der Waals surface area (Å²) < 4.78 is 0. The third kappa shape index (κ3) is 1.09. The van der Waals surface area contributed by atoms with Gasteiger partial charge in [-0.2, -0.15) is 0 Å². The second-order valence-corrected chi connectivity index (χ2v) is 2.96. The highest BCUT2D eigenvalue weighted by molar-refractivity contribution is 5.17. The maximum Gasteiger partial charge on any atom is 0.0479 e. The minimum atomic E-state index is 0.579. The van der Waals surface area contributed by atoms with Crippen LogP contribution in [0.2, 0.25) is 0 Å². The van der Waals surface area contributed by atoms with Gasteiger partial charge in [0.1, 0.15) is 0 Å². The molecule has 0 bridgehead atoms. The molecule has 2 aliphatic rings. The van der Waals surface area contributed by atoms with Crippen molar-refractivity contribution in [2.24, 2.45) is 0 Å². The van der Waals surface area contributed by atoms with E-state index < -0.39 is 0 Å². The lowest BCUT2D eigenvalue weighted by Crippen LogP contribution is -2.40. The molecule has 0 aromatic heterocycles. The second-order valence-electron chi connectivity index (χ2n) is 2.96. The fourth-order valence-electron chi connectivity index (χ4n) is 1.67. The first kappa shape index (κ1) is 6.38. The summed E-state index contributed by atoms with van der Waals surface area (Å²) in [6.07, 6.45) is 4.73. The van der Waals surface area contributed by atoms with Crippen molar-refractivity contribution in [2.45, 2.75) is 18.9 Å². The second kappa shape index (κ2) is 2.72. The molecule has 2 aliphatic heterocycles. The van der Waals surface area contributed by atoms with Crippen molar-refractivity contribution in [3.05, 3.63) is 11.6 Å². The van der Waals surface area contributed by atoms with Crippen LogP contribution in [-0.2, 0) is 0 Å². The number of hydrogen-bond donors (Lipinski definition) is 1. The van der Waals surface area contributed by atoms with E-state index >= 15 is 0 Å². The minimum absolute atomic E-state index is 0.579. The highest BCUT2D eigenvalue weighted by atomic mass is 15.0. The van der Waals surface area contributed by atoms with Gasteiger partial charge in [-0.3, -0.25) is 0 Å². The summed E-state index contributed by atoms with van der Waals surface area (Å²) >= 11 is 0. The fourth-order valence-corrected chi connectivity index (χ4v) is 1.67. The normalized spacial score (nSPS) is 32.8. The van der Waals surface area contributed by atoms with E-state index in [1.807, 2.05) is 0 Å². The highest BCUT2D eigenvalue weighted by Gasteiger charge is 2.20. The predicted molar refractivity (Wildman–Crippen MR) is 41.0 cm³/mol. The smallest absolute Gasteiger partial charge is 0.0479 e. The van der Waals surface area contributed by atoms with E-state index in [-0.39, 0.29) is 0 Å². The number of nitrogens with zero attached hydrogens (tertiary/aromatic N) is 1. The topological polar surface area (TPSA) is 26.1 Å². The van der Waals surface area contributed by atoms with E-state index in [1.54, 1.807) is 0 Å². The summed E-state index contributed by atoms with van der Waals surface area (Å²) in [4.78, 5) is 0. The van der Waals surface area contributed by atoms with Gasteiger partial charge in [0.15, 0.2) is 0 Å². The van der Waals surface area contributed by atoms with Gasteiger partial charge >= 0.3 is 0 Å². The monoisotopic (exact) mass is 137 g/mol. The van der Waals surface area contributed by atoms with Crippen LogP contribution in [-0.4, -0.2) is 25.7 Å². The van der Waals surface area contributed by atoms with Crippen LogP contribution in [0, 0.1) is 0 Å². The lowest BCUT2D eigenvalue weighted by molar-refractivity contribution is 0.443.